The molecule has 0 unspecified atom stereocenters. The van der Waals surface area contributed by atoms with Gasteiger partial charge in [-0.05, 0) is 125 Å². The van der Waals surface area contributed by atoms with Crippen molar-refractivity contribution in [2.24, 2.45) is 0 Å². The maximum atomic E-state index is 11.7. The number of nitrogens with zero attached hydrogens (tertiary/aromatic N) is 37. The molecule has 72 nitrogen and oxygen atoms in total. The monoisotopic (exact) mass is 1830 g/mol. The van der Waals surface area contributed by atoms with Gasteiger partial charge in [0.05, 0.1) is 28.5 Å². The molecule has 9 amide bonds. The van der Waals surface area contributed by atoms with E-state index in [0.717, 1.165) is 0 Å². The molecule has 18 heterocycles. The number of aromatic nitrogens is 47. The SMILES string of the molecule is O=C(Nc1nn[nH]n1)c1ccc[nH]1.O=C(Nc1nn[nH]n1)c1cccnc1C(=O)O.O=C(Nc1nn[nH]n1)c1cccnn1.O=C(Nc1nn[nH]n1)c1ccco1.O=C(Nc1nn[nH]n1)c1cccs1.O=C(Nc1nn[nH]n1)c1ccncn1.O=C(Nc1nn[nH]n1)c1cnccn1.O=C(O)c1cccnc1C(=O)Nc1nn[nH]n1.O=C(O)c1nccnc1C(=O)Nc1nn[nH]n1. The van der Waals surface area contributed by atoms with Crippen LogP contribution in [-0.4, -0.2) is 327 Å². The predicted octanol–water partition coefficient (Wildman–Crippen LogP) is -3.90. The van der Waals surface area contributed by atoms with E-state index < -0.39 is 65.0 Å². The fourth-order valence-electron chi connectivity index (χ4n) is 8.14. The zero-order valence-electron chi connectivity index (χ0n) is 64.6. The van der Waals surface area contributed by atoms with Crippen LogP contribution in [0, 0.1) is 0 Å². The number of rotatable bonds is 21. The van der Waals surface area contributed by atoms with Crippen molar-refractivity contribution in [3.05, 3.63) is 226 Å². The normalized spacial score (nSPS) is 9.82. The molecule has 0 fully saturated rings. The van der Waals surface area contributed by atoms with Gasteiger partial charge in [0.2, 0.25) is 0 Å². The highest BCUT2D eigenvalue weighted by molar-refractivity contribution is 7.12. The maximum Gasteiger partial charge on any atom is 0.356 e. The molecule has 0 spiro atoms. The van der Waals surface area contributed by atoms with Gasteiger partial charge >= 0.3 is 17.9 Å². The summed E-state index contributed by atoms with van der Waals surface area (Å²) in [5, 5.41) is 170. The summed E-state index contributed by atoms with van der Waals surface area (Å²) in [4.78, 5) is 168. The second-order valence-corrected chi connectivity index (χ2v) is 23.0. The Morgan fingerprint density at radius 3 is 1.14 bits per heavy atom. The Bertz CT molecular complexity index is 5910. The zero-order valence-corrected chi connectivity index (χ0v) is 65.4. The van der Waals surface area contributed by atoms with Gasteiger partial charge < -0.3 is 24.7 Å². The fraction of sp³-hybridized carbons (Fsp3) is 0. The number of amides is 9. The minimum Gasteiger partial charge on any atom is -0.478 e. The molecule has 666 valence electrons. The number of carboxylic acid groups (broad SMARTS) is 3. The van der Waals surface area contributed by atoms with Gasteiger partial charge in [-0.25, -0.2) is 44.3 Å². The Balaban J connectivity index is 0.000000154. The van der Waals surface area contributed by atoms with Gasteiger partial charge in [0.1, 0.15) is 29.1 Å². The van der Waals surface area contributed by atoms with Gasteiger partial charge in [0, 0.05) is 55.8 Å². The molecule has 18 aromatic heterocycles. The summed E-state index contributed by atoms with van der Waals surface area (Å²) in [5.41, 5.74) is -0.543. The largest absolute Gasteiger partial charge is 0.478 e. The van der Waals surface area contributed by atoms with Gasteiger partial charge in [-0.2, -0.15) is 52.0 Å². The van der Waals surface area contributed by atoms with Crippen LogP contribution in [0.3, 0.4) is 0 Å². The Kier molecular flexibility index (Phi) is 34.4. The van der Waals surface area contributed by atoms with Crippen molar-refractivity contribution in [2.45, 2.75) is 0 Å². The van der Waals surface area contributed by atoms with E-state index in [9.17, 15) is 57.5 Å². The number of carbonyl (C=O) groups is 12. The van der Waals surface area contributed by atoms with Crippen LogP contribution in [-0.2, 0) is 0 Å². The third-order valence-corrected chi connectivity index (χ3v) is 14.4. The molecule has 0 bridgehead atoms. The topological polar surface area (TPSA) is 1020 Å². The van der Waals surface area contributed by atoms with Crippen molar-refractivity contribution in [1.29, 1.82) is 0 Å². The van der Waals surface area contributed by atoms with Crippen LogP contribution in [0.25, 0.3) is 0 Å². The summed E-state index contributed by atoms with van der Waals surface area (Å²) >= 11 is 1.35. The van der Waals surface area contributed by atoms with Gasteiger partial charge in [-0.3, -0.25) is 101 Å². The quantitative estimate of drug-likeness (QED) is 0.0327. The van der Waals surface area contributed by atoms with Crippen LogP contribution in [0.15, 0.2) is 163 Å². The molecule has 0 saturated carbocycles. The molecule has 0 aromatic carbocycles. The van der Waals surface area contributed by atoms with E-state index in [1.54, 1.807) is 42.6 Å². The summed E-state index contributed by atoms with van der Waals surface area (Å²) < 4.78 is 4.85. The number of pyridine rings is 2. The van der Waals surface area contributed by atoms with Gasteiger partial charge in [-0.15, -0.1) is 62.3 Å². The molecule has 0 atom stereocenters. The zero-order chi connectivity index (χ0) is 93.4. The highest BCUT2D eigenvalue weighted by Gasteiger charge is 2.24. The average Bonchev–Trinajstić information content (AvgIpc) is 1.37. The molecular formula is C59H48N56O16S. The van der Waals surface area contributed by atoms with Gasteiger partial charge in [0.15, 0.2) is 28.5 Å². The third-order valence-electron chi connectivity index (χ3n) is 13.5. The van der Waals surface area contributed by atoms with Crippen molar-refractivity contribution in [2.75, 3.05) is 47.9 Å². The number of hydrogen-bond acceptors (Lipinski definition) is 51. The lowest BCUT2D eigenvalue weighted by molar-refractivity contribution is 0.0676. The molecule has 73 heteroatoms. The number of carbonyl (C=O) groups excluding carboxylic acids is 9. The highest BCUT2D eigenvalue weighted by atomic mass is 32.1. The lowest BCUT2D eigenvalue weighted by atomic mass is 10.2. The van der Waals surface area contributed by atoms with Gasteiger partial charge in [-0.1, -0.05) is 52.0 Å². The summed E-state index contributed by atoms with van der Waals surface area (Å²) in [5.74, 6) is -7.50. The standard InChI is InChI=1S/2C8H6N6O3.C7H5N7O3.3C6H5N7O.C6H6N6O.C6H5N5O2.C6H5N5OS/c15-6(10-8-11-13-14-12-8)5-4(7(16)17)2-1-3-9-5;15-6(10-8-11-13-14-12-8)4-2-1-3-9-5(4)7(16)17;15-5(10-7-11-13-14-12-7)3-4(6(16)17)9-2-1-8-3;14-5(4-3-7-1-2-8-4)9-6-10-12-13-11-6;14-5(4-1-2-7-3-8-4)9-6-10-12-13-11-6;14-5(4-2-1-3-7-9-4)8-6-10-12-13-11-6;13-5(4-2-1-3-7-4)8-6-9-11-12-10-6;2*12-5(4-2-1-3-13-4)7-6-8-10-11-9-6/h2*1-3H,(H,16,17)(H2,10,11,12,13,14,15);1-2H,(H,16,17)(H2,10,11,12,13,14,15);2*1-3H,(H2,9,10,11,12,13,14);1-3H,(H2,8,10,11,12,13,14);1-3,7H,(H2,8,9,10,11,12,13);2*1-3H,(H2,7,8,9,10,11,12). The molecular weight excluding hydrogens is 1780 g/mol. The summed E-state index contributed by atoms with van der Waals surface area (Å²) in [6.07, 6.45) is 16.5. The van der Waals surface area contributed by atoms with Crippen molar-refractivity contribution in [1.82, 2.24) is 241 Å². The number of thiophene rings is 1. The van der Waals surface area contributed by atoms with Crippen LogP contribution >= 0.6 is 11.3 Å². The minimum absolute atomic E-state index is 0.0461. The summed E-state index contributed by atoms with van der Waals surface area (Å²) in [6.45, 7) is 0. The number of nitrogens with one attached hydrogen (secondary N) is 19. The second kappa shape index (κ2) is 49.2. The van der Waals surface area contributed by atoms with Crippen molar-refractivity contribution < 1.29 is 77.3 Å². The Labute approximate surface area is 725 Å². The summed E-state index contributed by atoms with van der Waals surface area (Å²) in [6, 6.07) is 20.2. The lowest BCUT2D eigenvalue weighted by Gasteiger charge is -2.03. The van der Waals surface area contributed by atoms with Crippen molar-refractivity contribution in [3.8, 4) is 0 Å². The van der Waals surface area contributed by atoms with Crippen LogP contribution in [0.2, 0.25) is 0 Å². The smallest absolute Gasteiger partial charge is 0.356 e. The number of furan rings is 1. The maximum absolute atomic E-state index is 11.7. The van der Waals surface area contributed by atoms with E-state index in [1.165, 1.54) is 122 Å². The molecule has 0 radical (unpaired) electrons. The number of hydrogen-bond donors (Lipinski definition) is 22. The highest BCUT2D eigenvalue weighted by Crippen LogP contribution is 2.13. The van der Waals surface area contributed by atoms with Gasteiger partial charge in [0.25, 0.3) is 107 Å². The van der Waals surface area contributed by atoms with E-state index in [-0.39, 0.29) is 116 Å². The first-order valence-electron chi connectivity index (χ1n) is 34.6. The summed E-state index contributed by atoms with van der Waals surface area (Å²) in [7, 11) is 0. The number of anilines is 9. The van der Waals surface area contributed by atoms with E-state index in [1.807, 2.05) is 5.38 Å². The second-order valence-electron chi connectivity index (χ2n) is 22.0. The molecule has 0 aliphatic carbocycles. The molecule has 18 aromatic rings. The fourth-order valence-corrected chi connectivity index (χ4v) is 8.76. The minimum atomic E-state index is -1.35. The van der Waals surface area contributed by atoms with E-state index >= 15 is 0 Å². The van der Waals surface area contributed by atoms with Crippen LogP contribution in [0.4, 0.5) is 53.5 Å². The first kappa shape index (κ1) is 92.4. The molecule has 132 heavy (non-hydrogen) atoms. The first-order chi connectivity index (χ1) is 64.2. The van der Waals surface area contributed by atoms with Crippen molar-refractivity contribution in [3.63, 3.8) is 0 Å². The average molecular weight is 1830 g/mol. The van der Waals surface area contributed by atoms with Crippen LogP contribution < -0.4 is 47.9 Å². The van der Waals surface area contributed by atoms with E-state index in [2.05, 4.69) is 289 Å². The molecule has 22 N–H and O–H groups in total. The van der Waals surface area contributed by atoms with E-state index in [4.69, 9.17) is 19.7 Å². The van der Waals surface area contributed by atoms with Crippen LogP contribution in [0.5, 0.6) is 0 Å². The number of tetrazole rings is 9. The van der Waals surface area contributed by atoms with Crippen molar-refractivity contribution >= 4 is 136 Å². The third kappa shape index (κ3) is 30.1. The number of H-pyrrole nitrogens is 10. The number of aromatic amines is 10. The first-order valence-corrected chi connectivity index (χ1v) is 35.4. The number of aromatic carboxylic acids is 3. The Morgan fingerprint density at radius 1 is 0.303 bits per heavy atom. The number of carboxylic acids is 3. The molecule has 0 aliphatic heterocycles. The molecule has 18 rings (SSSR count). The Hall–Kier alpha value is -21.8. The molecule has 0 aliphatic rings. The van der Waals surface area contributed by atoms with E-state index in [0.29, 0.717) is 10.6 Å². The van der Waals surface area contributed by atoms with Crippen LogP contribution in [0.1, 0.15) is 125 Å². The Morgan fingerprint density at radius 2 is 0.727 bits per heavy atom. The molecule has 0 saturated heterocycles. The predicted molar refractivity (Wildman–Crippen MR) is 420 cm³/mol. The lowest BCUT2D eigenvalue weighted by Crippen LogP contribution is -2.20.